The Balaban J connectivity index is 2.38. The third-order valence-electron chi connectivity index (χ3n) is 3.54. The van der Waals surface area contributed by atoms with E-state index in [2.05, 4.69) is 24.0 Å². The molecule has 1 aliphatic heterocycles. The molecule has 0 aliphatic carbocycles. The van der Waals surface area contributed by atoms with Gasteiger partial charge in [0.2, 0.25) is 0 Å². The highest BCUT2D eigenvalue weighted by Crippen LogP contribution is 2.42. The van der Waals surface area contributed by atoms with Gasteiger partial charge in [0.25, 0.3) is 0 Å². The number of nitrogens with one attached hydrogen (secondary N) is 1. The van der Waals surface area contributed by atoms with Gasteiger partial charge in [-0.2, -0.15) is 11.8 Å². The van der Waals surface area contributed by atoms with Gasteiger partial charge in [-0.3, -0.25) is 0 Å². The van der Waals surface area contributed by atoms with Crippen molar-refractivity contribution in [2.45, 2.75) is 31.1 Å². The highest BCUT2D eigenvalue weighted by atomic mass is 32.2. The van der Waals surface area contributed by atoms with Crippen LogP contribution in [-0.4, -0.2) is 31.8 Å². The summed E-state index contributed by atoms with van der Waals surface area (Å²) in [5, 5.41) is 4.21. The Bertz CT molecular complexity index is 383. The van der Waals surface area contributed by atoms with Crippen molar-refractivity contribution in [1.29, 1.82) is 0 Å². The van der Waals surface area contributed by atoms with Crippen molar-refractivity contribution in [3.63, 3.8) is 0 Å². The summed E-state index contributed by atoms with van der Waals surface area (Å²) in [5.41, 5.74) is 1.16. The van der Waals surface area contributed by atoms with E-state index in [-0.39, 0.29) is 0 Å². The van der Waals surface area contributed by atoms with Crippen LogP contribution in [0.3, 0.4) is 0 Å². The van der Waals surface area contributed by atoms with Gasteiger partial charge < -0.3 is 14.8 Å². The molecule has 2 unspecified atom stereocenters. The number of benzene rings is 1. The lowest BCUT2D eigenvalue weighted by atomic mass is 9.98. The van der Waals surface area contributed by atoms with Crippen molar-refractivity contribution in [1.82, 2.24) is 5.32 Å². The molecule has 0 aromatic heterocycles. The number of hydrogen-bond donors (Lipinski definition) is 1. The first-order chi connectivity index (χ1) is 9.31. The number of rotatable bonds is 6. The number of ether oxygens (including phenoxy) is 2. The molecule has 1 saturated heterocycles. The highest BCUT2D eigenvalue weighted by molar-refractivity contribution is 8.00. The SMILES string of the molecule is CCNC(c1c(OC)cccc1OC)C1CCCS1. The van der Waals surface area contributed by atoms with E-state index in [4.69, 9.17) is 9.47 Å². The molecule has 0 spiro atoms. The molecule has 3 nitrogen and oxygen atoms in total. The van der Waals surface area contributed by atoms with Gasteiger partial charge in [0.1, 0.15) is 11.5 Å². The summed E-state index contributed by atoms with van der Waals surface area (Å²) in [5.74, 6) is 3.08. The fourth-order valence-electron chi connectivity index (χ4n) is 2.69. The highest BCUT2D eigenvalue weighted by Gasteiger charge is 2.30. The monoisotopic (exact) mass is 281 g/mol. The molecular formula is C15H23NO2S. The summed E-state index contributed by atoms with van der Waals surface area (Å²) in [4.78, 5) is 0. The van der Waals surface area contributed by atoms with Gasteiger partial charge in [-0.05, 0) is 37.3 Å². The molecule has 1 heterocycles. The van der Waals surface area contributed by atoms with Gasteiger partial charge in [0, 0.05) is 5.25 Å². The van der Waals surface area contributed by atoms with Crippen LogP contribution >= 0.6 is 11.8 Å². The lowest BCUT2D eigenvalue weighted by Crippen LogP contribution is -2.29. The molecule has 0 radical (unpaired) electrons. The molecule has 1 aliphatic rings. The molecule has 1 N–H and O–H groups in total. The second-order valence-electron chi connectivity index (χ2n) is 4.66. The van der Waals surface area contributed by atoms with Crippen LogP contribution in [0.25, 0.3) is 0 Å². The molecule has 2 atom stereocenters. The molecule has 106 valence electrons. The molecule has 1 aromatic carbocycles. The molecule has 1 fully saturated rings. The quantitative estimate of drug-likeness (QED) is 0.867. The first-order valence-electron chi connectivity index (χ1n) is 6.87. The average Bonchev–Trinajstić information content (AvgIpc) is 2.98. The van der Waals surface area contributed by atoms with E-state index in [0.29, 0.717) is 11.3 Å². The van der Waals surface area contributed by atoms with Crippen molar-refractivity contribution in [2.24, 2.45) is 0 Å². The van der Waals surface area contributed by atoms with E-state index in [0.717, 1.165) is 23.6 Å². The van der Waals surface area contributed by atoms with Gasteiger partial charge in [0.05, 0.1) is 25.8 Å². The van der Waals surface area contributed by atoms with Crippen molar-refractivity contribution < 1.29 is 9.47 Å². The number of hydrogen-bond acceptors (Lipinski definition) is 4. The van der Waals surface area contributed by atoms with Gasteiger partial charge in [-0.15, -0.1) is 0 Å². The molecule has 1 aromatic rings. The Morgan fingerprint density at radius 2 is 2.00 bits per heavy atom. The largest absolute Gasteiger partial charge is 0.496 e. The zero-order chi connectivity index (χ0) is 13.7. The summed E-state index contributed by atoms with van der Waals surface area (Å²) in [7, 11) is 3.45. The van der Waals surface area contributed by atoms with Crippen LogP contribution < -0.4 is 14.8 Å². The zero-order valence-corrected chi connectivity index (χ0v) is 12.8. The summed E-state index contributed by atoms with van der Waals surface area (Å²) >= 11 is 2.05. The standard InChI is InChI=1S/C15H23NO2S/c1-4-16-15(13-9-6-10-19-13)14-11(17-2)7-5-8-12(14)18-3/h5,7-8,13,15-16H,4,6,9-10H2,1-3H3. The number of thioether (sulfide) groups is 1. The van der Waals surface area contributed by atoms with Gasteiger partial charge in [0.15, 0.2) is 0 Å². The summed E-state index contributed by atoms with van der Waals surface area (Å²) in [6, 6.07) is 6.30. The lowest BCUT2D eigenvalue weighted by molar-refractivity contribution is 0.368. The third kappa shape index (κ3) is 3.18. The van der Waals surface area contributed by atoms with Crippen molar-refractivity contribution in [3.8, 4) is 11.5 Å². The Morgan fingerprint density at radius 1 is 1.32 bits per heavy atom. The maximum absolute atomic E-state index is 5.55. The second-order valence-corrected chi connectivity index (χ2v) is 6.01. The van der Waals surface area contributed by atoms with E-state index in [1.54, 1.807) is 14.2 Å². The molecule has 4 heteroatoms. The Labute approximate surface area is 120 Å². The Kier molecular flexibility index (Phi) is 5.40. The van der Waals surface area contributed by atoms with Crippen LogP contribution in [0.4, 0.5) is 0 Å². The van der Waals surface area contributed by atoms with Crippen LogP contribution in [0, 0.1) is 0 Å². The minimum absolute atomic E-state index is 0.295. The Morgan fingerprint density at radius 3 is 2.47 bits per heavy atom. The van der Waals surface area contributed by atoms with E-state index in [1.807, 2.05) is 18.2 Å². The molecule has 0 amide bonds. The molecule has 19 heavy (non-hydrogen) atoms. The van der Waals surface area contributed by atoms with Crippen LogP contribution in [0.2, 0.25) is 0 Å². The van der Waals surface area contributed by atoms with Crippen molar-refractivity contribution in [2.75, 3.05) is 26.5 Å². The predicted molar refractivity (Wildman–Crippen MR) is 81.4 cm³/mol. The fourth-order valence-corrected chi connectivity index (χ4v) is 4.09. The van der Waals surface area contributed by atoms with E-state index in [9.17, 15) is 0 Å². The molecule has 2 rings (SSSR count). The van der Waals surface area contributed by atoms with E-state index < -0.39 is 0 Å². The summed E-state index contributed by atoms with van der Waals surface area (Å²) in [6.45, 7) is 3.09. The zero-order valence-electron chi connectivity index (χ0n) is 11.9. The molecule has 0 saturated carbocycles. The van der Waals surface area contributed by atoms with E-state index in [1.165, 1.54) is 18.6 Å². The van der Waals surface area contributed by atoms with Gasteiger partial charge in [-0.1, -0.05) is 13.0 Å². The van der Waals surface area contributed by atoms with Crippen LogP contribution in [0.1, 0.15) is 31.4 Å². The minimum Gasteiger partial charge on any atom is -0.496 e. The topological polar surface area (TPSA) is 30.5 Å². The maximum atomic E-state index is 5.55. The summed E-state index contributed by atoms with van der Waals surface area (Å²) in [6.07, 6.45) is 2.55. The van der Waals surface area contributed by atoms with Crippen LogP contribution in [0.15, 0.2) is 18.2 Å². The maximum Gasteiger partial charge on any atom is 0.127 e. The predicted octanol–water partition coefficient (Wildman–Crippen LogP) is 3.25. The van der Waals surface area contributed by atoms with Crippen LogP contribution in [0.5, 0.6) is 11.5 Å². The van der Waals surface area contributed by atoms with E-state index >= 15 is 0 Å². The second kappa shape index (κ2) is 7.06. The summed E-state index contributed by atoms with van der Waals surface area (Å²) < 4.78 is 11.1. The minimum atomic E-state index is 0.295. The molecule has 0 bridgehead atoms. The Hall–Kier alpha value is -0.870. The molecular weight excluding hydrogens is 258 g/mol. The fraction of sp³-hybridized carbons (Fsp3) is 0.600. The number of methoxy groups -OCH3 is 2. The van der Waals surface area contributed by atoms with Gasteiger partial charge in [-0.25, -0.2) is 0 Å². The normalized spacial score (nSPS) is 20.3. The van der Waals surface area contributed by atoms with Crippen LogP contribution in [-0.2, 0) is 0 Å². The first kappa shape index (κ1) is 14.5. The average molecular weight is 281 g/mol. The smallest absolute Gasteiger partial charge is 0.127 e. The van der Waals surface area contributed by atoms with Gasteiger partial charge >= 0.3 is 0 Å². The van der Waals surface area contributed by atoms with Crippen molar-refractivity contribution in [3.05, 3.63) is 23.8 Å². The van der Waals surface area contributed by atoms with Crippen molar-refractivity contribution >= 4 is 11.8 Å². The first-order valence-corrected chi connectivity index (χ1v) is 7.92. The lowest BCUT2D eigenvalue weighted by Gasteiger charge is -2.27. The third-order valence-corrected chi connectivity index (χ3v) is 5.00.